The lowest BCUT2D eigenvalue weighted by molar-refractivity contribution is -0.131. The second kappa shape index (κ2) is 10.6. The number of hydrogen-bond acceptors (Lipinski definition) is 4. The highest BCUT2D eigenvalue weighted by Gasteiger charge is 2.31. The summed E-state index contributed by atoms with van der Waals surface area (Å²) in [7, 11) is -3.62. The van der Waals surface area contributed by atoms with Crippen molar-refractivity contribution in [1.29, 1.82) is 0 Å². The highest BCUT2D eigenvalue weighted by Crippen LogP contribution is 2.30. The summed E-state index contributed by atoms with van der Waals surface area (Å²) in [5.41, 5.74) is 4.70. The van der Waals surface area contributed by atoms with Crippen molar-refractivity contribution in [3.63, 3.8) is 0 Å². The molecule has 6 nitrogen and oxygen atoms in total. The number of rotatable bonds is 7. The van der Waals surface area contributed by atoms with E-state index in [0.717, 1.165) is 17.4 Å². The predicted octanol–water partition coefficient (Wildman–Crippen LogP) is 4.00. The Morgan fingerprint density at radius 3 is 1.74 bits per heavy atom. The van der Waals surface area contributed by atoms with Gasteiger partial charge in [-0.25, -0.2) is 8.42 Å². The molecule has 0 atom stereocenters. The van der Waals surface area contributed by atoms with E-state index < -0.39 is 10.0 Å². The van der Waals surface area contributed by atoms with E-state index in [1.54, 1.807) is 4.90 Å². The van der Waals surface area contributed by atoms with Crippen LogP contribution in [0.15, 0.2) is 78.9 Å². The number of carbonyl (C=O) groups is 1. The average molecular weight is 492 g/mol. The van der Waals surface area contributed by atoms with Gasteiger partial charge in [-0.2, -0.15) is 0 Å². The third kappa shape index (κ3) is 5.74. The van der Waals surface area contributed by atoms with Gasteiger partial charge in [-0.3, -0.25) is 14.0 Å². The van der Waals surface area contributed by atoms with E-state index in [1.165, 1.54) is 15.4 Å². The van der Waals surface area contributed by atoms with Gasteiger partial charge in [0.25, 0.3) is 0 Å². The lowest BCUT2D eigenvalue weighted by atomic mass is 9.96. The smallest absolute Gasteiger partial charge is 0.243 e. The summed E-state index contributed by atoms with van der Waals surface area (Å²) in [6.07, 6.45) is 1.16. The molecule has 1 aliphatic heterocycles. The minimum Gasteiger partial charge on any atom is -0.339 e. The molecule has 1 heterocycles. The van der Waals surface area contributed by atoms with Gasteiger partial charge in [0.15, 0.2) is 0 Å². The zero-order valence-electron chi connectivity index (χ0n) is 20.6. The fourth-order valence-electron chi connectivity index (χ4n) is 4.90. The molecule has 0 unspecified atom stereocenters. The standard InChI is InChI=1S/C28H33N3O3S/c1-22-11-10-12-23(2)27(22)31(35(3,33)34)21-26(32)29-17-19-30(20-18-29)28(24-13-6-4-7-14-24)25-15-8-5-9-16-25/h4-16,28H,17-21H2,1-3H3. The Hall–Kier alpha value is -3.16. The van der Waals surface area contributed by atoms with Crippen LogP contribution in [0.2, 0.25) is 0 Å². The molecule has 0 radical (unpaired) electrons. The maximum Gasteiger partial charge on any atom is 0.243 e. The number of sulfonamides is 1. The van der Waals surface area contributed by atoms with Gasteiger partial charge in [-0.1, -0.05) is 78.9 Å². The number of aryl methyl sites for hydroxylation is 2. The predicted molar refractivity (Wildman–Crippen MR) is 141 cm³/mol. The van der Waals surface area contributed by atoms with E-state index in [4.69, 9.17) is 0 Å². The van der Waals surface area contributed by atoms with Crippen molar-refractivity contribution in [3.8, 4) is 0 Å². The van der Waals surface area contributed by atoms with E-state index in [0.29, 0.717) is 31.9 Å². The van der Waals surface area contributed by atoms with Crippen LogP contribution in [-0.2, 0) is 14.8 Å². The molecule has 3 aromatic rings. The molecule has 1 aliphatic rings. The Kier molecular flexibility index (Phi) is 7.57. The Morgan fingerprint density at radius 2 is 1.29 bits per heavy atom. The quantitative estimate of drug-likeness (QED) is 0.501. The van der Waals surface area contributed by atoms with Gasteiger partial charge in [0.1, 0.15) is 6.54 Å². The van der Waals surface area contributed by atoms with Crippen molar-refractivity contribution in [2.75, 3.05) is 43.3 Å². The van der Waals surface area contributed by atoms with Crippen LogP contribution in [0.4, 0.5) is 5.69 Å². The van der Waals surface area contributed by atoms with Crippen LogP contribution in [0, 0.1) is 13.8 Å². The van der Waals surface area contributed by atoms with E-state index in [2.05, 4.69) is 53.4 Å². The van der Waals surface area contributed by atoms with Crippen molar-refractivity contribution < 1.29 is 13.2 Å². The zero-order chi connectivity index (χ0) is 25.0. The molecule has 1 saturated heterocycles. The van der Waals surface area contributed by atoms with Crippen molar-refractivity contribution in [1.82, 2.24) is 9.80 Å². The molecule has 1 amide bonds. The first-order chi connectivity index (χ1) is 16.8. The number of carbonyl (C=O) groups excluding carboxylic acids is 1. The molecule has 184 valence electrons. The van der Waals surface area contributed by atoms with Gasteiger partial charge in [-0.05, 0) is 36.1 Å². The third-order valence-corrected chi connectivity index (χ3v) is 7.74. The first-order valence-electron chi connectivity index (χ1n) is 11.9. The molecule has 0 saturated carbocycles. The first-order valence-corrected chi connectivity index (χ1v) is 13.8. The van der Waals surface area contributed by atoms with E-state index in [9.17, 15) is 13.2 Å². The van der Waals surface area contributed by atoms with Gasteiger partial charge in [0.2, 0.25) is 15.9 Å². The third-order valence-electron chi connectivity index (χ3n) is 6.63. The van der Waals surface area contributed by atoms with Crippen LogP contribution in [0.5, 0.6) is 0 Å². The molecule has 3 aromatic carbocycles. The van der Waals surface area contributed by atoms with Crippen LogP contribution < -0.4 is 4.31 Å². The molecule has 0 bridgehead atoms. The number of nitrogens with zero attached hydrogens (tertiary/aromatic N) is 3. The largest absolute Gasteiger partial charge is 0.339 e. The fourth-order valence-corrected chi connectivity index (χ4v) is 5.86. The van der Waals surface area contributed by atoms with Gasteiger partial charge in [-0.15, -0.1) is 0 Å². The Bertz CT molecular complexity index is 1200. The van der Waals surface area contributed by atoms with Gasteiger partial charge in [0.05, 0.1) is 18.0 Å². The van der Waals surface area contributed by atoms with E-state index >= 15 is 0 Å². The Labute approximate surface area is 208 Å². The van der Waals surface area contributed by atoms with E-state index in [1.807, 2.05) is 44.2 Å². The normalized spacial score (nSPS) is 14.8. The highest BCUT2D eigenvalue weighted by atomic mass is 32.2. The zero-order valence-corrected chi connectivity index (χ0v) is 21.4. The van der Waals surface area contributed by atoms with Gasteiger partial charge in [0, 0.05) is 26.2 Å². The van der Waals surface area contributed by atoms with Crippen molar-refractivity contribution in [2.24, 2.45) is 0 Å². The van der Waals surface area contributed by atoms with Crippen molar-refractivity contribution in [3.05, 3.63) is 101 Å². The minimum absolute atomic E-state index is 0.108. The molecule has 0 aliphatic carbocycles. The Balaban J connectivity index is 1.50. The number of para-hydroxylation sites is 1. The molecule has 0 spiro atoms. The van der Waals surface area contributed by atoms with Crippen molar-refractivity contribution >= 4 is 21.6 Å². The number of anilines is 1. The summed E-state index contributed by atoms with van der Waals surface area (Å²) >= 11 is 0. The summed E-state index contributed by atoms with van der Waals surface area (Å²) in [5, 5.41) is 0. The van der Waals surface area contributed by atoms with Crippen LogP contribution in [0.3, 0.4) is 0 Å². The maximum absolute atomic E-state index is 13.3. The number of benzene rings is 3. The molecular formula is C28H33N3O3S. The van der Waals surface area contributed by atoms with Gasteiger partial charge >= 0.3 is 0 Å². The molecule has 0 aromatic heterocycles. The maximum atomic E-state index is 13.3. The molecule has 35 heavy (non-hydrogen) atoms. The van der Waals surface area contributed by atoms with E-state index in [-0.39, 0.29) is 18.5 Å². The number of hydrogen-bond donors (Lipinski definition) is 0. The first kappa shape index (κ1) is 24.9. The van der Waals surface area contributed by atoms with Crippen molar-refractivity contribution in [2.45, 2.75) is 19.9 Å². The van der Waals surface area contributed by atoms with Crippen LogP contribution in [0.1, 0.15) is 28.3 Å². The Morgan fingerprint density at radius 1 is 0.800 bits per heavy atom. The molecular weight excluding hydrogens is 458 g/mol. The summed E-state index contributed by atoms with van der Waals surface area (Å²) in [5.74, 6) is -0.172. The molecule has 0 N–H and O–H groups in total. The van der Waals surface area contributed by atoms with Crippen LogP contribution in [-0.4, -0.2) is 63.1 Å². The highest BCUT2D eigenvalue weighted by molar-refractivity contribution is 7.92. The summed E-state index contributed by atoms with van der Waals surface area (Å²) in [4.78, 5) is 17.5. The second-order valence-corrected chi connectivity index (χ2v) is 11.1. The SMILES string of the molecule is Cc1cccc(C)c1N(CC(=O)N1CCN(C(c2ccccc2)c2ccccc2)CC1)S(C)(=O)=O. The minimum atomic E-state index is -3.62. The summed E-state index contributed by atoms with van der Waals surface area (Å²) in [6, 6.07) is 26.6. The molecule has 7 heteroatoms. The average Bonchev–Trinajstić information content (AvgIpc) is 2.84. The number of amides is 1. The molecule has 4 rings (SSSR count). The van der Waals surface area contributed by atoms with Crippen LogP contribution >= 0.6 is 0 Å². The number of piperazine rings is 1. The van der Waals surface area contributed by atoms with Gasteiger partial charge < -0.3 is 4.90 Å². The molecule has 1 fully saturated rings. The topological polar surface area (TPSA) is 60.9 Å². The summed E-state index contributed by atoms with van der Waals surface area (Å²) < 4.78 is 26.6. The lowest BCUT2D eigenvalue weighted by Gasteiger charge is -2.40. The van der Waals surface area contributed by atoms with Crippen LogP contribution in [0.25, 0.3) is 0 Å². The fraction of sp³-hybridized carbons (Fsp3) is 0.321. The lowest BCUT2D eigenvalue weighted by Crippen LogP contribution is -2.52. The second-order valence-electron chi connectivity index (χ2n) is 9.15. The summed E-state index contributed by atoms with van der Waals surface area (Å²) in [6.45, 7) is 6.09. The monoisotopic (exact) mass is 491 g/mol.